The number of rotatable bonds is 8. The molecule has 156 valence electrons. The Labute approximate surface area is 188 Å². The maximum Gasteiger partial charge on any atom is 0.276 e. The molecule has 0 bridgehead atoms. The molecule has 1 N–H and O–H groups in total. The maximum atomic E-state index is 12.3. The first kappa shape index (κ1) is 22.1. The molecule has 0 aliphatic carbocycles. The summed E-state index contributed by atoms with van der Waals surface area (Å²) in [5, 5.41) is 4.50. The molecule has 0 unspecified atom stereocenters. The van der Waals surface area contributed by atoms with Crippen LogP contribution in [-0.4, -0.2) is 21.7 Å². The Hall–Kier alpha value is -2.55. The van der Waals surface area contributed by atoms with E-state index in [9.17, 15) is 8.42 Å². The second-order valence-electron chi connectivity index (χ2n) is 6.13. The smallest absolute Gasteiger partial charge is 0.276 e. The van der Waals surface area contributed by atoms with Gasteiger partial charge in [-0.2, -0.15) is 13.5 Å². The molecule has 0 heterocycles. The molecule has 0 radical (unpaired) electrons. The van der Waals surface area contributed by atoms with Gasteiger partial charge in [0.15, 0.2) is 11.5 Å². The van der Waals surface area contributed by atoms with E-state index in [0.717, 1.165) is 10.0 Å². The summed E-state index contributed by atoms with van der Waals surface area (Å²) in [6.45, 7) is 0.355. The van der Waals surface area contributed by atoms with Gasteiger partial charge in [0.1, 0.15) is 6.61 Å². The Morgan fingerprint density at radius 3 is 2.40 bits per heavy atom. The average molecular weight is 510 g/mol. The summed E-state index contributed by atoms with van der Waals surface area (Å²) >= 11 is 9.16. The minimum Gasteiger partial charge on any atom is -0.493 e. The molecule has 0 saturated carbocycles. The Bertz CT molecular complexity index is 1130. The summed E-state index contributed by atoms with van der Waals surface area (Å²) in [5.41, 5.74) is 1.61. The Kier molecular flexibility index (Phi) is 7.36. The van der Waals surface area contributed by atoms with Crippen LogP contribution in [0.5, 0.6) is 11.5 Å². The third-order valence-electron chi connectivity index (χ3n) is 4.01. The third-order valence-corrected chi connectivity index (χ3v) is 6.02. The minimum atomic E-state index is -3.75. The number of nitrogens with zero attached hydrogens (tertiary/aromatic N) is 1. The average Bonchev–Trinajstić information content (AvgIpc) is 2.74. The van der Waals surface area contributed by atoms with Gasteiger partial charge in [-0.3, -0.25) is 0 Å². The van der Waals surface area contributed by atoms with E-state index in [1.165, 1.54) is 25.5 Å². The van der Waals surface area contributed by atoms with E-state index in [1.807, 2.05) is 12.1 Å². The van der Waals surface area contributed by atoms with Crippen LogP contribution in [0.15, 0.2) is 81.2 Å². The molecular formula is C21H18BrClN2O4S. The van der Waals surface area contributed by atoms with Crippen LogP contribution >= 0.6 is 27.5 Å². The SMILES string of the molecule is COc1cc(C=NNS(=O)(=O)c2ccc(Br)cc2)ccc1OCc1ccc(Cl)cc1. The van der Waals surface area contributed by atoms with Crippen LogP contribution in [0, 0.1) is 0 Å². The Balaban J connectivity index is 1.66. The molecule has 0 aliphatic rings. The lowest BCUT2D eigenvalue weighted by Gasteiger charge is -2.11. The summed E-state index contributed by atoms with van der Waals surface area (Å²) in [5.74, 6) is 1.06. The fourth-order valence-electron chi connectivity index (χ4n) is 2.46. The monoisotopic (exact) mass is 508 g/mol. The predicted molar refractivity (Wildman–Crippen MR) is 121 cm³/mol. The highest BCUT2D eigenvalue weighted by Gasteiger charge is 2.12. The van der Waals surface area contributed by atoms with Gasteiger partial charge in [-0.15, -0.1) is 0 Å². The van der Waals surface area contributed by atoms with E-state index in [2.05, 4.69) is 25.9 Å². The van der Waals surface area contributed by atoms with E-state index < -0.39 is 10.0 Å². The predicted octanol–water partition coefficient (Wildman–Crippen LogP) is 5.00. The highest BCUT2D eigenvalue weighted by atomic mass is 79.9. The van der Waals surface area contributed by atoms with Gasteiger partial charge in [-0.1, -0.05) is 39.7 Å². The minimum absolute atomic E-state index is 0.117. The van der Waals surface area contributed by atoms with Crippen LogP contribution in [0.2, 0.25) is 5.02 Å². The van der Waals surface area contributed by atoms with Crippen molar-refractivity contribution in [2.24, 2.45) is 5.10 Å². The number of hydrogen-bond donors (Lipinski definition) is 1. The van der Waals surface area contributed by atoms with Crippen LogP contribution in [0.3, 0.4) is 0 Å². The van der Waals surface area contributed by atoms with E-state index >= 15 is 0 Å². The van der Waals surface area contributed by atoms with Crippen molar-refractivity contribution in [1.82, 2.24) is 4.83 Å². The number of sulfonamides is 1. The van der Waals surface area contributed by atoms with E-state index in [4.69, 9.17) is 21.1 Å². The summed E-state index contributed by atoms with van der Waals surface area (Å²) in [6.07, 6.45) is 1.39. The van der Waals surface area contributed by atoms with Gasteiger partial charge in [0.25, 0.3) is 10.0 Å². The topological polar surface area (TPSA) is 77.0 Å². The molecular weight excluding hydrogens is 492 g/mol. The molecule has 3 rings (SSSR count). The fraction of sp³-hybridized carbons (Fsp3) is 0.0952. The van der Waals surface area contributed by atoms with Crippen molar-refractivity contribution < 1.29 is 17.9 Å². The van der Waals surface area contributed by atoms with Crippen LogP contribution in [-0.2, 0) is 16.6 Å². The first-order valence-corrected chi connectivity index (χ1v) is 11.4. The highest BCUT2D eigenvalue weighted by Crippen LogP contribution is 2.28. The number of nitrogens with one attached hydrogen (secondary N) is 1. The molecule has 3 aromatic carbocycles. The van der Waals surface area contributed by atoms with Gasteiger partial charge in [-0.25, -0.2) is 4.83 Å². The van der Waals surface area contributed by atoms with Crippen molar-refractivity contribution in [2.45, 2.75) is 11.5 Å². The van der Waals surface area contributed by atoms with E-state index in [1.54, 1.807) is 42.5 Å². The largest absolute Gasteiger partial charge is 0.493 e. The number of hydrazone groups is 1. The standard InChI is InChI=1S/C21H18BrClN2O4S/c1-28-21-12-16(4-11-20(21)29-14-15-2-7-18(23)8-3-15)13-24-25-30(26,27)19-9-5-17(22)6-10-19/h2-13,25H,14H2,1H3. The summed E-state index contributed by atoms with van der Waals surface area (Å²) in [7, 11) is -2.22. The van der Waals surface area contributed by atoms with Gasteiger partial charge in [0.05, 0.1) is 18.2 Å². The zero-order valence-corrected chi connectivity index (χ0v) is 19.0. The van der Waals surface area contributed by atoms with Gasteiger partial charge in [-0.05, 0) is 65.7 Å². The van der Waals surface area contributed by atoms with Crippen LogP contribution in [0.4, 0.5) is 0 Å². The summed E-state index contributed by atoms with van der Waals surface area (Å²) in [6, 6.07) is 18.8. The number of methoxy groups -OCH3 is 1. The van der Waals surface area contributed by atoms with Crippen molar-refractivity contribution >= 4 is 43.8 Å². The van der Waals surface area contributed by atoms with Crippen LogP contribution in [0.1, 0.15) is 11.1 Å². The summed E-state index contributed by atoms with van der Waals surface area (Å²) in [4.78, 5) is 2.31. The first-order chi connectivity index (χ1) is 14.4. The van der Waals surface area contributed by atoms with Crippen molar-refractivity contribution in [2.75, 3.05) is 7.11 Å². The maximum absolute atomic E-state index is 12.3. The van der Waals surface area contributed by atoms with Gasteiger partial charge in [0.2, 0.25) is 0 Å². The van der Waals surface area contributed by atoms with Gasteiger partial charge in [0, 0.05) is 9.50 Å². The molecule has 0 atom stereocenters. The molecule has 6 nitrogen and oxygen atoms in total. The van der Waals surface area contributed by atoms with Crippen molar-refractivity contribution in [1.29, 1.82) is 0 Å². The number of hydrogen-bond acceptors (Lipinski definition) is 5. The second-order valence-corrected chi connectivity index (χ2v) is 9.15. The van der Waals surface area contributed by atoms with Gasteiger partial charge < -0.3 is 9.47 Å². The second kappa shape index (κ2) is 9.97. The number of ether oxygens (including phenoxy) is 2. The van der Waals surface area contributed by atoms with Crippen LogP contribution < -0.4 is 14.3 Å². The fourth-order valence-corrected chi connectivity index (χ4v) is 3.64. The molecule has 0 fully saturated rings. The quantitative estimate of drug-likeness (QED) is 0.342. The van der Waals surface area contributed by atoms with Gasteiger partial charge >= 0.3 is 0 Å². The lowest BCUT2D eigenvalue weighted by atomic mass is 10.2. The van der Waals surface area contributed by atoms with Crippen molar-refractivity contribution in [3.63, 3.8) is 0 Å². The molecule has 0 aliphatic heterocycles. The zero-order chi connectivity index (χ0) is 21.6. The molecule has 0 spiro atoms. The number of halogens is 2. The van der Waals surface area contributed by atoms with E-state index in [-0.39, 0.29) is 4.90 Å². The molecule has 0 amide bonds. The molecule has 30 heavy (non-hydrogen) atoms. The van der Waals surface area contributed by atoms with E-state index in [0.29, 0.717) is 28.7 Å². The molecule has 0 aromatic heterocycles. The molecule has 0 saturated heterocycles. The lowest BCUT2D eigenvalue weighted by molar-refractivity contribution is 0.284. The normalized spacial score (nSPS) is 11.4. The highest BCUT2D eigenvalue weighted by molar-refractivity contribution is 9.10. The third kappa shape index (κ3) is 5.98. The van der Waals surface area contributed by atoms with Crippen molar-refractivity contribution in [3.05, 3.63) is 87.4 Å². The van der Waals surface area contributed by atoms with Crippen molar-refractivity contribution in [3.8, 4) is 11.5 Å². The zero-order valence-electron chi connectivity index (χ0n) is 15.9. The number of benzene rings is 3. The molecule has 3 aromatic rings. The van der Waals surface area contributed by atoms with Crippen LogP contribution in [0.25, 0.3) is 0 Å². The summed E-state index contributed by atoms with van der Waals surface area (Å²) < 4.78 is 36.5. The first-order valence-electron chi connectivity index (χ1n) is 8.73. The molecule has 9 heteroatoms. The Morgan fingerprint density at radius 1 is 1.03 bits per heavy atom. The lowest BCUT2D eigenvalue weighted by Crippen LogP contribution is -2.18. The Morgan fingerprint density at radius 2 is 1.73 bits per heavy atom.